The first-order valence-electron chi connectivity index (χ1n) is 9.41. The topological polar surface area (TPSA) is 66.0 Å². The van der Waals surface area contributed by atoms with Crippen LogP contribution in [0.4, 0.5) is 0 Å². The zero-order chi connectivity index (χ0) is 17.4. The highest BCUT2D eigenvalue weighted by atomic mass is 127. The molecule has 25 heavy (non-hydrogen) atoms. The molecule has 1 amide bonds. The molecule has 2 aliphatic rings. The summed E-state index contributed by atoms with van der Waals surface area (Å²) in [6.45, 7) is 4.09. The van der Waals surface area contributed by atoms with Crippen molar-refractivity contribution in [2.45, 2.75) is 64.0 Å². The number of hydrogen-bond acceptors (Lipinski definition) is 3. The average Bonchev–Trinajstić information content (AvgIpc) is 2.58. The van der Waals surface area contributed by atoms with Crippen molar-refractivity contribution in [1.29, 1.82) is 0 Å². The summed E-state index contributed by atoms with van der Waals surface area (Å²) in [5.74, 6) is 1.52. The van der Waals surface area contributed by atoms with Gasteiger partial charge in [0.2, 0.25) is 5.91 Å². The molecule has 1 saturated carbocycles. The van der Waals surface area contributed by atoms with E-state index in [0.717, 1.165) is 37.9 Å². The van der Waals surface area contributed by atoms with Crippen molar-refractivity contribution in [1.82, 2.24) is 15.5 Å². The van der Waals surface area contributed by atoms with Gasteiger partial charge in [-0.25, -0.2) is 4.99 Å². The van der Waals surface area contributed by atoms with E-state index in [4.69, 9.17) is 4.74 Å². The Kier molecular flexibility index (Phi) is 10.7. The Morgan fingerprint density at radius 1 is 1.20 bits per heavy atom. The predicted octanol–water partition coefficient (Wildman–Crippen LogP) is 2.38. The number of aliphatic imine (C=N–C) groups is 1. The number of rotatable bonds is 5. The van der Waals surface area contributed by atoms with Crippen LogP contribution < -0.4 is 10.6 Å². The number of carbonyl (C=O) groups is 1. The first-order valence-corrected chi connectivity index (χ1v) is 9.41. The van der Waals surface area contributed by atoms with Crippen molar-refractivity contribution in [3.63, 3.8) is 0 Å². The minimum Gasteiger partial charge on any atom is -0.376 e. The number of nitrogens with one attached hydrogen (secondary N) is 2. The van der Waals surface area contributed by atoms with E-state index >= 15 is 0 Å². The van der Waals surface area contributed by atoms with E-state index in [2.05, 4.69) is 22.5 Å². The third kappa shape index (κ3) is 8.57. The Hall–Kier alpha value is -0.570. The molecule has 2 rings (SSSR count). The summed E-state index contributed by atoms with van der Waals surface area (Å²) in [5.41, 5.74) is 0. The molecule has 0 aromatic heterocycles. The van der Waals surface area contributed by atoms with Crippen molar-refractivity contribution < 1.29 is 9.53 Å². The molecular formula is C18H35IN4O2. The van der Waals surface area contributed by atoms with Crippen LogP contribution in [0.5, 0.6) is 0 Å². The molecule has 0 aromatic rings. The van der Waals surface area contributed by atoms with Crippen molar-refractivity contribution in [2.75, 3.05) is 33.8 Å². The molecule has 6 nitrogen and oxygen atoms in total. The number of likely N-dealkylation sites (N-methyl/N-ethyl adjacent to an activating group) is 1. The Labute approximate surface area is 169 Å². The summed E-state index contributed by atoms with van der Waals surface area (Å²) in [6, 6.07) is 0.446. The van der Waals surface area contributed by atoms with E-state index in [1.807, 2.05) is 0 Å². The molecule has 1 saturated heterocycles. The van der Waals surface area contributed by atoms with E-state index in [0.29, 0.717) is 6.04 Å². The molecule has 2 fully saturated rings. The minimum absolute atomic E-state index is 0. The van der Waals surface area contributed by atoms with E-state index in [1.54, 1.807) is 19.0 Å². The normalized spacial score (nSPS) is 27.2. The predicted molar refractivity (Wildman–Crippen MR) is 113 cm³/mol. The van der Waals surface area contributed by atoms with Crippen LogP contribution in [0, 0.1) is 5.92 Å². The summed E-state index contributed by atoms with van der Waals surface area (Å²) < 4.78 is 5.78. The van der Waals surface area contributed by atoms with Gasteiger partial charge in [0.1, 0.15) is 6.54 Å². The van der Waals surface area contributed by atoms with Crippen LogP contribution >= 0.6 is 24.0 Å². The van der Waals surface area contributed by atoms with Crippen LogP contribution in [0.1, 0.15) is 51.9 Å². The second-order valence-corrected chi connectivity index (χ2v) is 7.44. The number of halogens is 1. The van der Waals surface area contributed by atoms with Gasteiger partial charge in [0.05, 0.1) is 6.10 Å². The molecule has 1 heterocycles. The van der Waals surface area contributed by atoms with Gasteiger partial charge in [0.15, 0.2) is 5.96 Å². The molecule has 1 aliphatic carbocycles. The van der Waals surface area contributed by atoms with Gasteiger partial charge in [0, 0.05) is 33.3 Å². The number of amides is 1. The Bertz CT molecular complexity index is 425. The van der Waals surface area contributed by atoms with Gasteiger partial charge < -0.3 is 20.3 Å². The van der Waals surface area contributed by atoms with Gasteiger partial charge in [-0.2, -0.15) is 0 Å². The van der Waals surface area contributed by atoms with E-state index in [9.17, 15) is 4.79 Å². The van der Waals surface area contributed by atoms with Gasteiger partial charge >= 0.3 is 0 Å². The fraction of sp³-hybridized carbons (Fsp3) is 0.889. The molecular weight excluding hydrogens is 431 g/mol. The minimum atomic E-state index is 0. The van der Waals surface area contributed by atoms with Gasteiger partial charge in [-0.3, -0.25) is 4.79 Å². The number of guanidine groups is 1. The Morgan fingerprint density at radius 2 is 2.00 bits per heavy atom. The van der Waals surface area contributed by atoms with Crippen LogP contribution in [0.15, 0.2) is 4.99 Å². The monoisotopic (exact) mass is 466 g/mol. The smallest absolute Gasteiger partial charge is 0.243 e. The number of ether oxygens (including phenoxy) is 1. The highest BCUT2D eigenvalue weighted by Gasteiger charge is 2.21. The maximum atomic E-state index is 11.8. The lowest BCUT2D eigenvalue weighted by atomic mass is 9.87. The second-order valence-electron chi connectivity index (χ2n) is 7.44. The van der Waals surface area contributed by atoms with E-state index in [1.165, 1.54) is 32.1 Å². The molecule has 3 atom stereocenters. The van der Waals surface area contributed by atoms with E-state index in [-0.39, 0.29) is 42.5 Å². The summed E-state index contributed by atoms with van der Waals surface area (Å²) in [5, 5.41) is 6.92. The highest BCUT2D eigenvalue weighted by molar-refractivity contribution is 14.0. The zero-order valence-electron chi connectivity index (χ0n) is 15.9. The first-order chi connectivity index (χ1) is 11.5. The summed E-state index contributed by atoms with van der Waals surface area (Å²) in [4.78, 5) is 17.9. The lowest BCUT2D eigenvalue weighted by Gasteiger charge is -2.30. The molecule has 0 spiro atoms. The second kappa shape index (κ2) is 11.9. The summed E-state index contributed by atoms with van der Waals surface area (Å²) in [6.07, 6.45) is 8.65. The zero-order valence-corrected chi connectivity index (χ0v) is 18.3. The lowest BCUT2D eigenvalue weighted by molar-refractivity contribution is -0.127. The van der Waals surface area contributed by atoms with Gasteiger partial charge in [0.25, 0.3) is 0 Å². The van der Waals surface area contributed by atoms with Crippen molar-refractivity contribution in [3.8, 4) is 0 Å². The molecule has 146 valence electrons. The van der Waals surface area contributed by atoms with Crippen LogP contribution in [0.3, 0.4) is 0 Å². The van der Waals surface area contributed by atoms with Crippen LogP contribution in [-0.2, 0) is 9.53 Å². The van der Waals surface area contributed by atoms with E-state index < -0.39 is 0 Å². The van der Waals surface area contributed by atoms with Crippen molar-refractivity contribution in [3.05, 3.63) is 0 Å². The third-order valence-electron chi connectivity index (χ3n) is 4.92. The standard InChI is InChI=1S/C18H34N4O2.HI/c1-14-7-6-8-15(11-14)21-18(20-13-17(23)22(2)3)19-12-16-9-4-5-10-24-16;/h14-16H,4-13H2,1-3H3,(H2,19,20,21);1H. The van der Waals surface area contributed by atoms with Crippen LogP contribution in [0.25, 0.3) is 0 Å². The van der Waals surface area contributed by atoms with Gasteiger partial charge in [-0.1, -0.05) is 19.8 Å². The molecule has 0 aromatic carbocycles. The van der Waals surface area contributed by atoms with Crippen LogP contribution in [0.2, 0.25) is 0 Å². The SMILES string of the molecule is CC1CCCC(NC(=NCC(=O)N(C)C)NCC2CCCCO2)C1.I. The average molecular weight is 466 g/mol. The molecule has 0 radical (unpaired) electrons. The molecule has 2 N–H and O–H groups in total. The molecule has 1 aliphatic heterocycles. The van der Waals surface area contributed by atoms with Crippen LogP contribution in [-0.4, -0.2) is 62.7 Å². The van der Waals surface area contributed by atoms with Gasteiger partial charge in [-0.05, 0) is 38.0 Å². The fourth-order valence-corrected chi connectivity index (χ4v) is 3.38. The summed E-state index contributed by atoms with van der Waals surface area (Å²) >= 11 is 0. The highest BCUT2D eigenvalue weighted by Crippen LogP contribution is 2.23. The molecule has 0 bridgehead atoms. The Morgan fingerprint density at radius 3 is 2.64 bits per heavy atom. The quantitative estimate of drug-likeness (QED) is 0.371. The largest absolute Gasteiger partial charge is 0.376 e. The number of carbonyl (C=O) groups excluding carboxylic acids is 1. The first kappa shape index (κ1) is 22.5. The molecule has 3 unspecified atom stereocenters. The molecule has 7 heteroatoms. The maximum Gasteiger partial charge on any atom is 0.243 e. The Balaban J connectivity index is 0.00000312. The number of nitrogens with zero attached hydrogens (tertiary/aromatic N) is 2. The number of hydrogen-bond donors (Lipinski definition) is 2. The van der Waals surface area contributed by atoms with Gasteiger partial charge in [-0.15, -0.1) is 24.0 Å². The lowest BCUT2D eigenvalue weighted by Crippen LogP contribution is -2.48. The summed E-state index contributed by atoms with van der Waals surface area (Å²) in [7, 11) is 3.52. The fourth-order valence-electron chi connectivity index (χ4n) is 3.38. The third-order valence-corrected chi connectivity index (χ3v) is 4.92. The maximum absolute atomic E-state index is 11.8. The van der Waals surface area contributed by atoms with Crippen molar-refractivity contribution >= 4 is 35.8 Å². The van der Waals surface area contributed by atoms with Crippen molar-refractivity contribution in [2.24, 2.45) is 10.9 Å².